The number of para-hydroxylation sites is 1. The summed E-state index contributed by atoms with van der Waals surface area (Å²) in [5, 5.41) is 6.90. The molecule has 1 amide bonds. The Morgan fingerprint density at radius 1 is 1.24 bits per heavy atom. The van der Waals surface area contributed by atoms with Gasteiger partial charge in [0, 0.05) is 49.4 Å². The lowest BCUT2D eigenvalue weighted by Crippen LogP contribution is -2.50. The lowest BCUT2D eigenvalue weighted by Gasteiger charge is -2.40. The predicted octanol–water partition coefficient (Wildman–Crippen LogP) is 1.58. The van der Waals surface area contributed by atoms with Gasteiger partial charge in [-0.2, -0.15) is 0 Å². The molecule has 3 aliphatic heterocycles. The molecule has 0 unspecified atom stereocenters. The van der Waals surface area contributed by atoms with Gasteiger partial charge in [-0.25, -0.2) is 4.98 Å². The minimum atomic E-state index is -0.293. The number of hydrogen-bond acceptors (Lipinski definition) is 4. The third kappa shape index (κ3) is 2.28. The molecule has 25 heavy (non-hydrogen) atoms. The third-order valence-corrected chi connectivity index (χ3v) is 6.14. The first-order valence-corrected chi connectivity index (χ1v) is 9.15. The molecule has 2 aromatic rings. The summed E-state index contributed by atoms with van der Waals surface area (Å²) in [5.41, 5.74) is 4.85. The van der Waals surface area contributed by atoms with Crippen LogP contribution in [0, 0.1) is 0 Å². The topological polar surface area (TPSA) is 73.0 Å². The molecule has 5 rings (SSSR count). The Labute approximate surface area is 147 Å². The van der Waals surface area contributed by atoms with Gasteiger partial charge in [0.05, 0.1) is 12.0 Å². The summed E-state index contributed by atoms with van der Waals surface area (Å²) in [7, 11) is 0. The van der Waals surface area contributed by atoms with Crippen molar-refractivity contribution in [2.75, 3.05) is 31.5 Å². The number of carbonyl (C=O) groups is 1. The van der Waals surface area contributed by atoms with Crippen molar-refractivity contribution in [2.24, 2.45) is 0 Å². The molecule has 1 aromatic heterocycles. The van der Waals surface area contributed by atoms with Crippen molar-refractivity contribution < 1.29 is 4.79 Å². The molecule has 4 heterocycles. The first-order chi connectivity index (χ1) is 12.3. The largest absolute Gasteiger partial charge is 0.384 e. The molecule has 3 N–H and O–H groups in total. The fraction of sp³-hybridized carbons (Fsp3) is 0.474. The Balaban J connectivity index is 1.33. The Morgan fingerprint density at radius 3 is 2.96 bits per heavy atom. The number of nitrogens with zero attached hydrogens (tertiary/aromatic N) is 2. The van der Waals surface area contributed by atoms with Crippen molar-refractivity contribution in [3.8, 4) is 0 Å². The molecule has 1 saturated heterocycles. The Hall–Kier alpha value is -2.34. The van der Waals surface area contributed by atoms with Crippen molar-refractivity contribution >= 4 is 11.6 Å². The maximum Gasteiger partial charge on any atom is 0.246 e. The number of anilines is 1. The maximum atomic E-state index is 13.1. The van der Waals surface area contributed by atoms with E-state index in [2.05, 4.69) is 44.9 Å². The monoisotopic (exact) mass is 337 g/mol. The first-order valence-electron chi connectivity index (χ1n) is 9.15. The van der Waals surface area contributed by atoms with Gasteiger partial charge < -0.3 is 20.5 Å². The number of likely N-dealkylation sites (tertiary alicyclic amines) is 1. The van der Waals surface area contributed by atoms with Gasteiger partial charge in [0.25, 0.3) is 0 Å². The lowest BCUT2D eigenvalue weighted by molar-refractivity contribution is -0.135. The van der Waals surface area contributed by atoms with Crippen LogP contribution in [-0.4, -0.2) is 47.0 Å². The summed E-state index contributed by atoms with van der Waals surface area (Å²) in [4.78, 5) is 22.6. The molecule has 0 aliphatic carbocycles. The van der Waals surface area contributed by atoms with Gasteiger partial charge in [0.1, 0.15) is 6.04 Å². The highest BCUT2D eigenvalue weighted by Gasteiger charge is 2.43. The third-order valence-electron chi connectivity index (χ3n) is 6.14. The van der Waals surface area contributed by atoms with Crippen LogP contribution in [0.3, 0.4) is 0 Å². The zero-order valence-electron chi connectivity index (χ0n) is 14.2. The number of rotatable bonds is 1. The number of benzene rings is 1. The van der Waals surface area contributed by atoms with E-state index in [0.29, 0.717) is 0 Å². The first kappa shape index (κ1) is 15.0. The molecule has 1 spiro atoms. The average molecular weight is 337 g/mol. The summed E-state index contributed by atoms with van der Waals surface area (Å²) < 4.78 is 0. The SMILES string of the molecule is O=C([C@@H]1NCCc2[nH]cnc21)N1CCC2(CC1)CNc1ccccc12. The van der Waals surface area contributed by atoms with E-state index in [4.69, 9.17) is 0 Å². The molecule has 6 heteroatoms. The highest BCUT2D eigenvalue weighted by molar-refractivity contribution is 5.83. The van der Waals surface area contributed by atoms with E-state index in [1.54, 1.807) is 6.33 Å². The number of imidazole rings is 1. The van der Waals surface area contributed by atoms with Crippen molar-refractivity contribution in [3.05, 3.63) is 47.5 Å². The maximum absolute atomic E-state index is 13.1. The number of amides is 1. The average Bonchev–Trinajstić information content (AvgIpc) is 3.28. The number of H-pyrrole nitrogens is 1. The summed E-state index contributed by atoms with van der Waals surface area (Å²) >= 11 is 0. The molecular formula is C19H23N5O. The van der Waals surface area contributed by atoms with Crippen molar-refractivity contribution in [1.82, 2.24) is 20.2 Å². The van der Waals surface area contributed by atoms with E-state index in [1.807, 2.05) is 4.90 Å². The molecule has 0 bridgehead atoms. The minimum Gasteiger partial charge on any atom is -0.384 e. The number of aromatic nitrogens is 2. The van der Waals surface area contributed by atoms with Crippen LogP contribution in [-0.2, 0) is 16.6 Å². The smallest absolute Gasteiger partial charge is 0.246 e. The fourth-order valence-electron chi connectivity index (χ4n) is 4.67. The van der Waals surface area contributed by atoms with Crippen LogP contribution >= 0.6 is 0 Å². The number of hydrogen-bond donors (Lipinski definition) is 3. The van der Waals surface area contributed by atoms with E-state index in [0.717, 1.165) is 56.8 Å². The van der Waals surface area contributed by atoms with Gasteiger partial charge >= 0.3 is 0 Å². The summed E-state index contributed by atoms with van der Waals surface area (Å²) in [6.07, 6.45) is 4.64. The second-order valence-corrected chi connectivity index (χ2v) is 7.41. The van der Waals surface area contributed by atoms with Crippen molar-refractivity contribution in [3.63, 3.8) is 0 Å². The van der Waals surface area contributed by atoms with E-state index in [9.17, 15) is 4.79 Å². The second-order valence-electron chi connectivity index (χ2n) is 7.41. The van der Waals surface area contributed by atoms with Crippen LogP contribution in [0.1, 0.15) is 35.8 Å². The van der Waals surface area contributed by atoms with Crippen molar-refractivity contribution in [1.29, 1.82) is 0 Å². The number of carbonyl (C=O) groups excluding carboxylic acids is 1. The highest BCUT2D eigenvalue weighted by Crippen LogP contribution is 2.44. The summed E-state index contributed by atoms with van der Waals surface area (Å²) in [6, 6.07) is 8.31. The van der Waals surface area contributed by atoms with Crippen LogP contribution in [0.15, 0.2) is 30.6 Å². The lowest BCUT2D eigenvalue weighted by atomic mass is 9.74. The molecule has 6 nitrogen and oxygen atoms in total. The van der Waals surface area contributed by atoms with E-state index in [1.165, 1.54) is 11.3 Å². The van der Waals surface area contributed by atoms with Gasteiger partial charge in [-0.05, 0) is 24.5 Å². The van der Waals surface area contributed by atoms with Crippen LogP contribution < -0.4 is 10.6 Å². The molecule has 0 radical (unpaired) electrons. The molecule has 3 aliphatic rings. The zero-order valence-corrected chi connectivity index (χ0v) is 14.2. The van der Waals surface area contributed by atoms with E-state index in [-0.39, 0.29) is 17.4 Å². The molecule has 1 atom stereocenters. The molecule has 0 saturated carbocycles. The van der Waals surface area contributed by atoms with Crippen molar-refractivity contribution in [2.45, 2.75) is 30.7 Å². The predicted molar refractivity (Wildman–Crippen MR) is 95.5 cm³/mol. The fourth-order valence-corrected chi connectivity index (χ4v) is 4.67. The number of fused-ring (bicyclic) bond motifs is 3. The summed E-state index contributed by atoms with van der Waals surface area (Å²) in [6.45, 7) is 3.43. The standard InChI is InChI=1S/C19H23N5O/c25-18(17-16-15(5-8-20-17)22-12-23-16)24-9-6-19(7-10-24)11-21-14-4-2-1-3-13(14)19/h1-4,12,17,20-21H,5-11H2,(H,22,23)/t17-/m1/s1. The zero-order chi connectivity index (χ0) is 16.9. The van der Waals surface area contributed by atoms with Crippen LogP contribution in [0.5, 0.6) is 0 Å². The second kappa shape index (κ2) is 5.59. The Morgan fingerprint density at radius 2 is 2.08 bits per heavy atom. The number of aromatic amines is 1. The normalized spacial score (nSPS) is 23.8. The molecular weight excluding hydrogens is 314 g/mol. The number of nitrogens with one attached hydrogen (secondary N) is 3. The highest BCUT2D eigenvalue weighted by atomic mass is 16.2. The Bertz CT molecular complexity index is 806. The quantitative estimate of drug-likeness (QED) is 0.739. The minimum absolute atomic E-state index is 0.169. The molecule has 1 fully saturated rings. The molecule has 130 valence electrons. The van der Waals surface area contributed by atoms with Gasteiger partial charge in [-0.15, -0.1) is 0 Å². The van der Waals surface area contributed by atoms with Gasteiger partial charge in [-0.3, -0.25) is 4.79 Å². The van der Waals surface area contributed by atoms with E-state index >= 15 is 0 Å². The Kier molecular flexibility index (Phi) is 3.35. The summed E-state index contributed by atoms with van der Waals surface area (Å²) in [5.74, 6) is 0.169. The van der Waals surface area contributed by atoms with Gasteiger partial charge in [-0.1, -0.05) is 18.2 Å². The van der Waals surface area contributed by atoms with Crippen LogP contribution in [0.25, 0.3) is 0 Å². The van der Waals surface area contributed by atoms with E-state index < -0.39 is 0 Å². The molecule has 1 aromatic carbocycles. The van der Waals surface area contributed by atoms with Crippen LogP contribution in [0.2, 0.25) is 0 Å². The number of piperidine rings is 1. The van der Waals surface area contributed by atoms with Gasteiger partial charge in [0.2, 0.25) is 5.91 Å². The van der Waals surface area contributed by atoms with Crippen LogP contribution in [0.4, 0.5) is 5.69 Å². The van der Waals surface area contributed by atoms with Gasteiger partial charge in [0.15, 0.2) is 0 Å².